The minimum atomic E-state index is 0.176. The van der Waals surface area contributed by atoms with Crippen molar-refractivity contribution in [3.8, 4) is 5.75 Å². The Bertz CT molecular complexity index is 420. The lowest BCUT2D eigenvalue weighted by Gasteiger charge is -2.14. The molecule has 1 aromatic carbocycles. The second-order valence-electron chi connectivity index (χ2n) is 5.30. The maximum atomic E-state index is 12.2. The Morgan fingerprint density at radius 2 is 2.00 bits per heavy atom. The molecule has 0 aromatic heterocycles. The molecule has 1 aliphatic rings. The van der Waals surface area contributed by atoms with E-state index < -0.39 is 0 Å². The predicted octanol–water partition coefficient (Wildman–Crippen LogP) is 2.47. The van der Waals surface area contributed by atoms with Crippen molar-refractivity contribution in [3.63, 3.8) is 0 Å². The Hall–Kier alpha value is -1.35. The second kappa shape index (κ2) is 5.53. The summed E-state index contributed by atoms with van der Waals surface area (Å²) in [4.78, 5) is 14.4. The first kappa shape index (κ1) is 13.1. The van der Waals surface area contributed by atoms with E-state index in [0.717, 1.165) is 24.4 Å². The van der Waals surface area contributed by atoms with Gasteiger partial charge in [0.15, 0.2) is 5.78 Å². The van der Waals surface area contributed by atoms with Crippen molar-refractivity contribution in [2.45, 2.75) is 13.8 Å². The van der Waals surface area contributed by atoms with E-state index in [4.69, 9.17) is 4.74 Å². The van der Waals surface area contributed by atoms with Crippen molar-refractivity contribution in [2.75, 3.05) is 26.7 Å². The number of rotatable bonds is 4. The molecule has 2 atom stereocenters. The molecule has 0 saturated carbocycles. The first-order valence-electron chi connectivity index (χ1n) is 6.49. The molecule has 1 fully saturated rings. The Morgan fingerprint density at radius 3 is 2.61 bits per heavy atom. The van der Waals surface area contributed by atoms with E-state index in [-0.39, 0.29) is 5.78 Å². The normalized spacial score (nSPS) is 24.2. The SMILES string of the molecule is COc1cccc(C(=O)CN2CC(C)C(C)C2)c1. The van der Waals surface area contributed by atoms with Gasteiger partial charge in [-0.3, -0.25) is 9.69 Å². The van der Waals surface area contributed by atoms with E-state index in [1.54, 1.807) is 7.11 Å². The molecule has 1 saturated heterocycles. The van der Waals surface area contributed by atoms with Gasteiger partial charge in [0.2, 0.25) is 0 Å². The van der Waals surface area contributed by atoms with Gasteiger partial charge in [0.25, 0.3) is 0 Å². The number of benzene rings is 1. The van der Waals surface area contributed by atoms with Crippen LogP contribution < -0.4 is 4.74 Å². The first-order valence-corrected chi connectivity index (χ1v) is 6.49. The Labute approximate surface area is 109 Å². The van der Waals surface area contributed by atoms with Crippen LogP contribution in [0.4, 0.5) is 0 Å². The predicted molar refractivity (Wildman–Crippen MR) is 72.1 cm³/mol. The van der Waals surface area contributed by atoms with E-state index in [9.17, 15) is 4.79 Å². The van der Waals surface area contributed by atoms with Crippen LogP contribution in [0.3, 0.4) is 0 Å². The second-order valence-corrected chi connectivity index (χ2v) is 5.30. The molecule has 0 N–H and O–H groups in total. The lowest BCUT2D eigenvalue weighted by Crippen LogP contribution is -2.28. The highest BCUT2D eigenvalue weighted by atomic mass is 16.5. The highest BCUT2D eigenvalue weighted by Crippen LogP contribution is 2.22. The number of ether oxygens (including phenoxy) is 1. The number of likely N-dealkylation sites (tertiary alicyclic amines) is 1. The average Bonchev–Trinajstić information content (AvgIpc) is 2.68. The summed E-state index contributed by atoms with van der Waals surface area (Å²) >= 11 is 0. The molecule has 0 amide bonds. The van der Waals surface area contributed by atoms with Crippen LogP contribution in [-0.2, 0) is 0 Å². The third-order valence-corrected chi connectivity index (χ3v) is 3.82. The lowest BCUT2D eigenvalue weighted by molar-refractivity contribution is 0.0942. The maximum Gasteiger partial charge on any atom is 0.176 e. The molecule has 98 valence electrons. The summed E-state index contributed by atoms with van der Waals surface area (Å²) in [6.45, 7) is 7.07. The van der Waals surface area contributed by atoms with Crippen LogP contribution in [-0.4, -0.2) is 37.4 Å². The lowest BCUT2D eigenvalue weighted by atomic mass is 10.0. The van der Waals surface area contributed by atoms with Gasteiger partial charge in [-0.25, -0.2) is 0 Å². The van der Waals surface area contributed by atoms with Gasteiger partial charge in [0, 0.05) is 18.7 Å². The largest absolute Gasteiger partial charge is 0.497 e. The fourth-order valence-corrected chi connectivity index (χ4v) is 2.47. The van der Waals surface area contributed by atoms with Gasteiger partial charge in [0.05, 0.1) is 13.7 Å². The fourth-order valence-electron chi connectivity index (χ4n) is 2.47. The average molecular weight is 247 g/mol. The quantitative estimate of drug-likeness (QED) is 0.765. The monoisotopic (exact) mass is 247 g/mol. The highest BCUT2D eigenvalue weighted by Gasteiger charge is 2.27. The van der Waals surface area contributed by atoms with Crippen LogP contribution in [0.15, 0.2) is 24.3 Å². The summed E-state index contributed by atoms with van der Waals surface area (Å²) in [6.07, 6.45) is 0. The molecule has 3 nitrogen and oxygen atoms in total. The van der Waals surface area contributed by atoms with Crippen molar-refractivity contribution in [1.82, 2.24) is 4.90 Å². The van der Waals surface area contributed by atoms with Crippen molar-refractivity contribution in [3.05, 3.63) is 29.8 Å². The van der Waals surface area contributed by atoms with Crippen LogP contribution in [0.2, 0.25) is 0 Å². The molecule has 0 aliphatic carbocycles. The molecule has 2 unspecified atom stereocenters. The Kier molecular flexibility index (Phi) is 4.02. The van der Waals surface area contributed by atoms with Crippen molar-refractivity contribution in [2.24, 2.45) is 11.8 Å². The fraction of sp³-hybridized carbons (Fsp3) is 0.533. The number of hydrogen-bond acceptors (Lipinski definition) is 3. The number of Topliss-reactive ketones (excluding diaryl/α,β-unsaturated/α-hetero) is 1. The van der Waals surface area contributed by atoms with Crippen LogP contribution in [0, 0.1) is 11.8 Å². The Morgan fingerprint density at radius 1 is 1.33 bits per heavy atom. The first-order chi connectivity index (χ1) is 8.60. The molecule has 0 bridgehead atoms. The molecule has 3 heteroatoms. The summed E-state index contributed by atoms with van der Waals surface area (Å²) < 4.78 is 5.14. The number of carbonyl (C=O) groups excluding carboxylic acids is 1. The minimum Gasteiger partial charge on any atom is -0.497 e. The van der Waals surface area contributed by atoms with Gasteiger partial charge in [0.1, 0.15) is 5.75 Å². The highest BCUT2D eigenvalue weighted by molar-refractivity contribution is 5.97. The third kappa shape index (κ3) is 2.91. The topological polar surface area (TPSA) is 29.5 Å². The summed E-state index contributed by atoms with van der Waals surface area (Å²) in [5, 5.41) is 0. The molecular formula is C15H21NO2. The van der Waals surface area contributed by atoms with Gasteiger partial charge in [-0.05, 0) is 24.0 Å². The van der Waals surface area contributed by atoms with E-state index >= 15 is 0 Å². The molecule has 18 heavy (non-hydrogen) atoms. The van der Waals surface area contributed by atoms with Crippen molar-refractivity contribution >= 4 is 5.78 Å². The maximum absolute atomic E-state index is 12.2. The molecule has 0 spiro atoms. The number of nitrogens with zero attached hydrogens (tertiary/aromatic N) is 1. The van der Waals surface area contributed by atoms with E-state index in [1.165, 1.54) is 0 Å². The van der Waals surface area contributed by atoms with E-state index in [1.807, 2.05) is 24.3 Å². The van der Waals surface area contributed by atoms with E-state index in [0.29, 0.717) is 18.4 Å². The van der Waals surface area contributed by atoms with E-state index in [2.05, 4.69) is 18.7 Å². The molecule has 1 aromatic rings. The number of carbonyl (C=O) groups is 1. The molecule has 0 radical (unpaired) electrons. The molecular weight excluding hydrogens is 226 g/mol. The summed E-state index contributed by atoms with van der Waals surface area (Å²) in [5.41, 5.74) is 0.738. The smallest absolute Gasteiger partial charge is 0.176 e. The van der Waals surface area contributed by atoms with Crippen LogP contribution in [0.25, 0.3) is 0 Å². The number of hydrogen-bond donors (Lipinski definition) is 0. The van der Waals surface area contributed by atoms with Gasteiger partial charge in [-0.2, -0.15) is 0 Å². The van der Waals surface area contributed by atoms with Crippen LogP contribution in [0.5, 0.6) is 5.75 Å². The minimum absolute atomic E-state index is 0.176. The van der Waals surface area contributed by atoms with Crippen molar-refractivity contribution < 1.29 is 9.53 Å². The van der Waals surface area contributed by atoms with Crippen molar-refractivity contribution in [1.29, 1.82) is 0 Å². The zero-order valence-electron chi connectivity index (χ0n) is 11.3. The van der Waals surface area contributed by atoms with Gasteiger partial charge in [-0.15, -0.1) is 0 Å². The molecule has 1 heterocycles. The third-order valence-electron chi connectivity index (χ3n) is 3.82. The standard InChI is InChI=1S/C15H21NO2/c1-11-8-16(9-12(11)2)10-15(17)13-5-4-6-14(7-13)18-3/h4-7,11-12H,8-10H2,1-3H3. The number of methoxy groups -OCH3 is 1. The molecule has 2 rings (SSSR count). The summed E-state index contributed by atoms with van der Waals surface area (Å²) in [5.74, 6) is 2.28. The summed E-state index contributed by atoms with van der Waals surface area (Å²) in [6, 6.07) is 7.39. The zero-order valence-corrected chi connectivity index (χ0v) is 11.3. The van der Waals surface area contributed by atoms with Gasteiger partial charge in [-0.1, -0.05) is 26.0 Å². The van der Waals surface area contributed by atoms with Gasteiger partial charge < -0.3 is 4.74 Å². The zero-order chi connectivity index (χ0) is 13.1. The van der Waals surface area contributed by atoms with Crippen LogP contribution >= 0.6 is 0 Å². The van der Waals surface area contributed by atoms with Gasteiger partial charge >= 0.3 is 0 Å². The summed E-state index contributed by atoms with van der Waals surface area (Å²) in [7, 11) is 1.62. The number of ketones is 1. The Balaban J connectivity index is 1.99. The van der Waals surface area contributed by atoms with Crippen LogP contribution in [0.1, 0.15) is 24.2 Å². The molecule has 1 aliphatic heterocycles.